The molecule has 1 amide bonds. The summed E-state index contributed by atoms with van der Waals surface area (Å²) in [6.45, 7) is 0.777. The van der Waals surface area contributed by atoms with Gasteiger partial charge in [0.1, 0.15) is 6.61 Å². The number of hydrogen-bond acceptors (Lipinski definition) is 3. The zero-order chi connectivity index (χ0) is 11.7. The Labute approximate surface area is 96.2 Å². The van der Waals surface area contributed by atoms with E-state index >= 15 is 0 Å². The van der Waals surface area contributed by atoms with E-state index in [0.717, 1.165) is 0 Å². The lowest BCUT2D eigenvalue weighted by Gasteiger charge is -2.13. The van der Waals surface area contributed by atoms with Crippen molar-refractivity contribution in [3.8, 4) is 0 Å². The number of carboxylic acids is 1. The Morgan fingerprint density at radius 3 is 2.75 bits per heavy atom. The Morgan fingerprint density at radius 1 is 1.50 bits per heavy atom. The maximum atomic E-state index is 11.2. The first-order chi connectivity index (χ1) is 7.59. The van der Waals surface area contributed by atoms with Gasteiger partial charge < -0.3 is 9.84 Å². The van der Waals surface area contributed by atoms with Crippen LogP contribution in [0.15, 0.2) is 18.2 Å². The lowest BCUT2D eigenvalue weighted by Crippen LogP contribution is -2.23. The molecule has 1 N–H and O–H groups in total. The van der Waals surface area contributed by atoms with Crippen LogP contribution in [0.4, 0.5) is 10.5 Å². The molecule has 1 saturated heterocycles. The van der Waals surface area contributed by atoms with Crippen molar-refractivity contribution in [2.24, 2.45) is 0 Å². The maximum absolute atomic E-state index is 11.2. The molecule has 5 nitrogen and oxygen atoms in total. The van der Waals surface area contributed by atoms with Crippen LogP contribution in [0.25, 0.3) is 0 Å². The number of hydrogen-bond donors (Lipinski definition) is 1. The second-order valence-electron chi connectivity index (χ2n) is 3.24. The second-order valence-corrected chi connectivity index (χ2v) is 3.64. The minimum atomic E-state index is -1.10. The summed E-state index contributed by atoms with van der Waals surface area (Å²) < 4.78 is 4.77. The first kappa shape index (κ1) is 10.8. The SMILES string of the molecule is O=C(O)c1ccc(N2CCOC2=O)cc1Cl. The second kappa shape index (κ2) is 4.02. The van der Waals surface area contributed by atoms with Crippen LogP contribution in [0.2, 0.25) is 5.02 Å². The van der Waals surface area contributed by atoms with Crippen molar-refractivity contribution in [1.82, 2.24) is 0 Å². The predicted octanol–water partition coefficient (Wildman–Crippen LogP) is 1.99. The van der Waals surface area contributed by atoms with E-state index in [0.29, 0.717) is 18.8 Å². The molecule has 1 aromatic rings. The van der Waals surface area contributed by atoms with Crippen LogP contribution in [0.3, 0.4) is 0 Å². The molecule has 16 heavy (non-hydrogen) atoms. The number of benzene rings is 1. The number of cyclic esters (lactones) is 1. The van der Waals surface area contributed by atoms with Gasteiger partial charge in [0.25, 0.3) is 0 Å². The Bertz CT molecular complexity index is 460. The number of anilines is 1. The Morgan fingerprint density at radius 2 is 2.25 bits per heavy atom. The smallest absolute Gasteiger partial charge is 0.414 e. The Kier molecular flexibility index (Phi) is 2.70. The molecular weight excluding hydrogens is 234 g/mol. The standard InChI is InChI=1S/C10H8ClNO4/c11-8-5-6(1-2-7(8)9(13)14)12-3-4-16-10(12)15/h1-2,5H,3-4H2,(H,13,14). The van der Waals surface area contributed by atoms with E-state index in [-0.39, 0.29) is 10.6 Å². The van der Waals surface area contributed by atoms with E-state index in [4.69, 9.17) is 21.4 Å². The Hall–Kier alpha value is -1.75. The third kappa shape index (κ3) is 1.81. The predicted molar refractivity (Wildman–Crippen MR) is 57.1 cm³/mol. The number of carboxylic acid groups (broad SMARTS) is 1. The summed E-state index contributed by atoms with van der Waals surface area (Å²) in [7, 11) is 0. The van der Waals surface area contributed by atoms with Gasteiger partial charge in [-0.3, -0.25) is 4.90 Å². The average Bonchev–Trinajstić information content (AvgIpc) is 2.63. The Balaban J connectivity index is 2.34. The molecule has 2 rings (SSSR count). The third-order valence-corrected chi connectivity index (χ3v) is 2.57. The van der Waals surface area contributed by atoms with Gasteiger partial charge in [-0.15, -0.1) is 0 Å². The highest BCUT2D eigenvalue weighted by Gasteiger charge is 2.24. The van der Waals surface area contributed by atoms with Crippen LogP contribution in [0.5, 0.6) is 0 Å². The molecule has 6 heteroatoms. The van der Waals surface area contributed by atoms with Gasteiger partial charge in [-0.2, -0.15) is 0 Å². The van der Waals surface area contributed by atoms with Crippen molar-refractivity contribution in [2.45, 2.75) is 0 Å². The fourth-order valence-corrected chi connectivity index (χ4v) is 1.73. The van der Waals surface area contributed by atoms with Crippen LogP contribution in [0.1, 0.15) is 10.4 Å². The molecule has 0 radical (unpaired) electrons. The van der Waals surface area contributed by atoms with Crippen LogP contribution in [-0.2, 0) is 4.74 Å². The first-order valence-electron chi connectivity index (χ1n) is 4.57. The largest absolute Gasteiger partial charge is 0.478 e. The monoisotopic (exact) mass is 241 g/mol. The highest BCUT2D eigenvalue weighted by atomic mass is 35.5. The van der Waals surface area contributed by atoms with Crippen molar-refractivity contribution in [3.05, 3.63) is 28.8 Å². The van der Waals surface area contributed by atoms with E-state index in [1.165, 1.54) is 23.1 Å². The van der Waals surface area contributed by atoms with Gasteiger partial charge in [-0.05, 0) is 18.2 Å². The van der Waals surface area contributed by atoms with Crippen LogP contribution in [-0.4, -0.2) is 30.3 Å². The van der Waals surface area contributed by atoms with Gasteiger partial charge in [0.05, 0.1) is 17.1 Å². The van der Waals surface area contributed by atoms with Gasteiger partial charge in [0.2, 0.25) is 0 Å². The topological polar surface area (TPSA) is 66.8 Å². The van der Waals surface area contributed by atoms with E-state index in [1.807, 2.05) is 0 Å². The quantitative estimate of drug-likeness (QED) is 0.860. The molecule has 1 fully saturated rings. The highest BCUT2D eigenvalue weighted by molar-refractivity contribution is 6.33. The van der Waals surface area contributed by atoms with Crippen LogP contribution in [0, 0.1) is 0 Å². The summed E-state index contributed by atoms with van der Waals surface area (Å²) in [5.41, 5.74) is 0.551. The van der Waals surface area contributed by atoms with Gasteiger partial charge >= 0.3 is 12.1 Å². The molecule has 1 aliphatic rings. The zero-order valence-corrected chi connectivity index (χ0v) is 8.90. The van der Waals surface area contributed by atoms with Gasteiger partial charge in [0.15, 0.2) is 0 Å². The average molecular weight is 242 g/mol. The van der Waals surface area contributed by atoms with E-state index in [2.05, 4.69) is 0 Å². The first-order valence-corrected chi connectivity index (χ1v) is 4.94. The van der Waals surface area contributed by atoms with Crippen molar-refractivity contribution >= 4 is 29.4 Å². The molecule has 0 aliphatic carbocycles. The molecule has 1 aliphatic heterocycles. The molecule has 0 saturated carbocycles. The fourth-order valence-electron chi connectivity index (χ4n) is 1.47. The molecule has 1 heterocycles. The number of aromatic carboxylic acids is 1. The van der Waals surface area contributed by atoms with Gasteiger partial charge in [-0.25, -0.2) is 9.59 Å². The summed E-state index contributed by atoms with van der Waals surface area (Å²) in [6.07, 6.45) is -0.445. The molecule has 0 bridgehead atoms. The zero-order valence-electron chi connectivity index (χ0n) is 8.14. The summed E-state index contributed by atoms with van der Waals surface area (Å²) in [5.74, 6) is -1.10. The highest BCUT2D eigenvalue weighted by Crippen LogP contribution is 2.25. The summed E-state index contributed by atoms with van der Waals surface area (Å²) in [5, 5.41) is 8.89. The van der Waals surface area contributed by atoms with Crippen LogP contribution < -0.4 is 4.90 Å². The minimum Gasteiger partial charge on any atom is -0.478 e. The number of carbonyl (C=O) groups is 2. The van der Waals surface area contributed by atoms with E-state index < -0.39 is 12.1 Å². The van der Waals surface area contributed by atoms with Crippen molar-refractivity contribution in [1.29, 1.82) is 0 Å². The normalized spacial score (nSPS) is 15.1. The maximum Gasteiger partial charge on any atom is 0.414 e. The number of amides is 1. The summed E-state index contributed by atoms with van der Waals surface area (Å²) in [4.78, 5) is 23.4. The van der Waals surface area contributed by atoms with Gasteiger partial charge in [0, 0.05) is 5.69 Å². The number of halogens is 1. The van der Waals surface area contributed by atoms with Crippen LogP contribution >= 0.6 is 11.6 Å². The minimum absolute atomic E-state index is 0.0120. The fraction of sp³-hybridized carbons (Fsp3) is 0.200. The third-order valence-electron chi connectivity index (χ3n) is 2.26. The summed E-state index contributed by atoms with van der Waals surface area (Å²) >= 11 is 5.79. The van der Waals surface area contributed by atoms with E-state index in [9.17, 15) is 9.59 Å². The molecule has 0 aromatic heterocycles. The number of nitrogens with zero attached hydrogens (tertiary/aromatic N) is 1. The molecule has 0 unspecified atom stereocenters. The lowest BCUT2D eigenvalue weighted by atomic mass is 10.2. The number of ether oxygens (including phenoxy) is 1. The molecule has 84 valence electrons. The number of rotatable bonds is 2. The van der Waals surface area contributed by atoms with Crippen molar-refractivity contribution < 1.29 is 19.4 Å². The molecule has 0 atom stereocenters. The lowest BCUT2D eigenvalue weighted by molar-refractivity contribution is 0.0697. The molecule has 1 aromatic carbocycles. The number of carbonyl (C=O) groups excluding carboxylic acids is 1. The van der Waals surface area contributed by atoms with Crippen molar-refractivity contribution in [3.63, 3.8) is 0 Å². The van der Waals surface area contributed by atoms with Gasteiger partial charge in [-0.1, -0.05) is 11.6 Å². The molecule has 0 spiro atoms. The summed E-state index contributed by atoms with van der Waals surface area (Å²) in [6, 6.07) is 4.34. The van der Waals surface area contributed by atoms with E-state index in [1.54, 1.807) is 0 Å². The molecular formula is C10H8ClNO4. The van der Waals surface area contributed by atoms with Crippen molar-refractivity contribution in [2.75, 3.05) is 18.1 Å².